The molecule has 0 bridgehead atoms. The van der Waals surface area contributed by atoms with Crippen LogP contribution in [-0.2, 0) is 16.1 Å². The van der Waals surface area contributed by atoms with Crippen molar-refractivity contribution in [3.05, 3.63) is 59.2 Å². The first-order chi connectivity index (χ1) is 20.4. The molecular weight excluding hydrogens is 560 g/mol. The summed E-state index contributed by atoms with van der Waals surface area (Å²) >= 11 is 0. The van der Waals surface area contributed by atoms with Crippen LogP contribution in [0, 0.1) is 11.6 Å². The molecule has 0 radical (unpaired) electrons. The summed E-state index contributed by atoms with van der Waals surface area (Å²) in [6.07, 6.45) is 4.53. The number of anilines is 2. The van der Waals surface area contributed by atoms with Crippen molar-refractivity contribution in [1.29, 1.82) is 0 Å². The van der Waals surface area contributed by atoms with E-state index in [0.717, 1.165) is 43.6 Å². The molecule has 3 aromatic rings. The highest BCUT2D eigenvalue weighted by molar-refractivity contribution is 5.68. The van der Waals surface area contributed by atoms with E-state index in [0.29, 0.717) is 30.9 Å². The van der Waals surface area contributed by atoms with Crippen LogP contribution >= 0.6 is 0 Å². The van der Waals surface area contributed by atoms with Gasteiger partial charge < -0.3 is 29.1 Å². The molecule has 4 heterocycles. The monoisotopic (exact) mass is 599 g/mol. The van der Waals surface area contributed by atoms with Crippen LogP contribution in [0.3, 0.4) is 0 Å². The second-order valence-electron chi connectivity index (χ2n) is 12.4. The third-order valence-corrected chi connectivity index (χ3v) is 7.50. The van der Waals surface area contributed by atoms with Gasteiger partial charge in [0.25, 0.3) is 0 Å². The Morgan fingerprint density at radius 2 is 1.84 bits per heavy atom. The lowest BCUT2D eigenvalue weighted by molar-refractivity contribution is 0.0242. The number of benzene rings is 1. The fourth-order valence-corrected chi connectivity index (χ4v) is 5.29. The zero-order valence-electron chi connectivity index (χ0n) is 25.2. The highest BCUT2D eigenvalue weighted by atomic mass is 19.1. The standard InChI is InChI=1S/C30H39F2N7O4/c1-18(2)26-36-28(43-37-26)38-10-8-21(9-11-38)41-17-19-13-33-27(34-14-19)39-15-23(22-12-20(31)6-7-24(22)32)25(16-39)35-29(40)42-30(3,4)5/h6-7,12-14,18,21,23,25H,8-11,15-17H2,1-5H3,(H,35,40)/t23-,25+/m1/s1. The van der Waals surface area contributed by atoms with Gasteiger partial charge in [0.2, 0.25) is 5.95 Å². The quantitative estimate of drug-likeness (QED) is 0.381. The predicted octanol–water partition coefficient (Wildman–Crippen LogP) is 4.94. The number of ether oxygens (including phenoxy) is 2. The Hall–Kier alpha value is -3.87. The van der Waals surface area contributed by atoms with Crippen molar-refractivity contribution in [3.8, 4) is 0 Å². The molecule has 5 rings (SSSR count). The molecule has 1 amide bonds. The number of carbonyl (C=O) groups is 1. The lowest BCUT2D eigenvalue weighted by Crippen LogP contribution is -2.43. The second kappa shape index (κ2) is 12.8. The van der Waals surface area contributed by atoms with E-state index in [4.69, 9.17) is 14.0 Å². The Balaban J connectivity index is 1.18. The van der Waals surface area contributed by atoms with Crippen LogP contribution < -0.4 is 15.1 Å². The molecule has 2 atom stereocenters. The molecule has 0 saturated carbocycles. The Morgan fingerprint density at radius 3 is 2.49 bits per heavy atom. The van der Waals surface area contributed by atoms with Crippen LogP contribution in [0.5, 0.6) is 0 Å². The normalized spacial score (nSPS) is 19.7. The third kappa shape index (κ3) is 7.75. The lowest BCUT2D eigenvalue weighted by atomic mass is 9.94. The summed E-state index contributed by atoms with van der Waals surface area (Å²) < 4.78 is 45.8. The molecular formula is C30H39F2N7O4. The van der Waals surface area contributed by atoms with E-state index >= 15 is 0 Å². The molecule has 2 fully saturated rings. The van der Waals surface area contributed by atoms with Crippen molar-refractivity contribution >= 4 is 18.1 Å². The number of nitrogens with zero attached hydrogens (tertiary/aromatic N) is 6. The molecule has 2 saturated heterocycles. The number of halogens is 2. The Labute approximate surface area is 250 Å². The van der Waals surface area contributed by atoms with Crippen molar-refractivity contribution in [2.75, 3.05) is 36.0 Å². The van der Waals surface area contributed by atoms with Crippen LogP contribution in [0.1, 0.15) is 76.2 Å². The molecule has 232 valence electrons. The largest absolute Gasteiger partial charge is 0.444 e. The minimum Gasteiger partial charge on any atom is -0.444 e. The zero-order valence-corrected chi connectivity index (χ0v) is 25.2. The van der Waals surface area contributed by atoms with E-state index in [-0.39, 0.29) is 24.1 Å². The maximum atomic E-state index is 14.8. The van der Waals surface area contributed by atoms with Crippen molar-refractivity contribution < 1.29 is 27.6 Å². The van der Waals surface area contributed by atoms with Crippen LogP contribution in [-0.4, -0.2) is 70.1 Å². The molecule has 0 spiro atoms. The van der Waals surface area contributed by atoms with Gasteiger partial charge in [-0.15, -0.1) is 0 Å². The summed E-state index contributed by atoms with van der Waals surface area (Å²) in [5.74, 6) is -0.284. The van der Waals surface area contributed by atoms with Gasteiger partial charge in [0.1, 0.15) is 17.2 Å². The number of hydrogen-bond donors (Lipinski definition) is 1. The van der Waals surface area contributed by atoms with E-state index < -0.39 is 35.3 Å². The van der Waals surface area contributed by atoms with Gasteiger partial charge in [-0.1, -0.05) is 19.0 Å². The molecule has 11 nitrogen and oxygen atoms in total. The molecule has 0 unspecified atom stereocenters. The number of alkyl carbamates (subject to hydrolysis) is 1. The van der Waals surface area contributed by atoms with Crippen LogP contribution in [0.4, 0.5) is 25.5 Å². The Morgan fingerprint density at radius 1 is 1.12 bits per heavy atom. The average molecular weight is 600 g/mol. The number of rotatable bonds is 8. The van der Waals surface area contributed by atoms with Gasteiger partial charge in [0.05, 0.1) is 18.8 Å². The fraction of sp³-hybridized carbons (Fsp3) is 0.567. The summed E-state index contributed by atoms with van der Waals surface area (Å²) in [7, 11) is 0. The zero-order chi connectivity index (χ0) is 30.7. The van der Waals surface area contributed by atoms with Gasteiger partial charge in [-0.05, 0) is 57.4 Å². The van der Waals surface area contributed by atoms with Gasteiger partial charge in [0, 0.05) is 56.0 Å². The molecule has 2 aliphatic rings. The van der Waals surface area contributed by atoms with Gasteiger partial charge in [-0.3, -0.25) is 0 Å². The molecule has 13 heteroatoms. The molecule has 1 N–H and O–H groups in total. The summed E-state index contributed by atoms with van der Waals surface area (Å²) in [5, 5.41) is 6.88. The molecule has 1 aromatic carbocycles. The molecule has 0 aliphatic carbocycles. The van der Waals surface area contributed by atoms with Crippen LogP contribution in [0.15, 0.2) is 35.1 Å². The number of carbonyl (C=O) groups excluding carboxylic acids is 1. The summed E-state index contributed by atoms with van der Waals surface area (Å²) in [6, 6.07) is 3.35. The summed E-state index contributed by atoms with van der Waals surface area (Å²) in [5.41, 5.74) is 0.296. The molecule has 2 aromatic heterocycles. The smallest absolute Gasteiger partial charge is 0.407 e. The average Bonchev–Trinajstić information content (AvgIpc) is 3.61. The first kappa shape index (κ1) is 30.6. The summed E-state index contributed by atoms with van der Waals surface area (Å²) in [6.45, 7) is 11.8. The maximum Gasteiger partial charge on any atom is 0.407 e. The highest BCUT2D eigenvalue weighted by Gasteiger charge is 2.38. The number of nitrogens with one attached hydrogen (secondary N) is 1. The minimum atomic E-state index is -0.703. The minimum absolute atomic E-state index is 0.0867. The number of aromatic nitrogens is 4. The van der Waals surface area contributed by atoms with Gasteiger partial charge in [0.15, 0.2) is 5.82 Å². The Kier molecular flexibility index (Phi) is 9.09. The maximum absolute atomic E-state index is 14.8. The first-order valence-electron chi connectivity index (χ1n) is 14.7. The second-order valence-corrected chi connectivity index (χ2v) is 12.4. The number of amides is 1. The van der Waals surface area contributed by atoms with E-state index in [9.17, 15) is 13.6 Å². The number of hydrogen-bond acceptors (Lipinski definition) is 10. The third-order valence-electron chi connectivity index (χ3n) is 7.50. The lowest BCUT2D eigenvalue weighted by Gasteiger charge is -2.30. The van der Waals surface area contributed by atoms with Crippen LogP contribution in [0.2, 0.25) is 0 Å². The highest BCUT2D eigenvalue weighted by Crippen LogP contribution is 2.32. The van der Waals surface area contributed by atoms with Crippen molar-refractivity contribution in [3.63, 3.8) is 0 Å². The summed E-state index contributed by atoms with van der Waals surface area (Å²) in [4.78, 5) is 30.0. The Bertz CT molecular complexity index is 1390. The van der Waals surface area contributed by atoms with Gasteiger partial charge in [-0.25, -0.2) is 23.5 Å². The molecule has 43 heavy (non-hydrogen) atoms. The molecule has 2 aliphatic heterocycles. The van der Waals surface area contributed by atoms with E-state index in [1.165, 1.54) is 6.07 Å². The van der Waals surface area contributed by atoms with E-state index in [2.05, 4.69) is 30.3 Å². The number of piperidine rings is 1. The van der Waals surface area contributed by atoms with Crippen molar-refractivity contribution in [1.82, 2.24) is 25.4 Å². The topological polar surface area (TPSA) is 119 Å². The van der Waals surface area contributed by atoms with Crippen molar-refractivity contribution in [2.45, 2.75) is 83.6 Å². The SMILES string of the molecule is CC(C)c1noc(N2CCC(OCc3cnc(N4C[C@H](NC(=O)OC(C)(C)C)[C@@H](c5cc(F)ccc5F)C4)nc3)CC2)n1. The van der Waals surface area contributed by atoms with E-state index in [1.807, 2.05) is 18.7 Å². The predicted molar refractivity (Wildman–Crippen MR) is 155 cm³/mol. The van der Waals surface area contributed by atoms with Gasteiger partial charge in [-0.2, -0.15) is 4.98 Å². The van der Waals surface area contributed by atoms with Gasteiger partial charge >= 0.3 is 12.1 Å². The van der Waals surface area contributed by atoms with Crippen molar-refractivity contribution in [2.24, 2.45) is 0 Å². The van der Waals surface area contributed by atoms with Crippen LogP contribution in [0.25, 0.3) is 0 Å². The fourth-order valence-electron chi connectivity index (χ4n) is 5.29. The first-order valence-corrected chi connectivity index (χ1v) is 14.7. The van der Waals surface area contributed by atoms with E-state index in [1.54, 1.807) is 33.2 Å².